The highest BCUT2D eigenvalue weighted by atomic mass is 16.1. The van der Waals surface area contributed by atoms with E-state index in [4.69, 9.17) is 0 Å². The van der Waals surface area contributed by atoms with Crippen LogP contribution in [0.2, 0.25) is 0 Å². The van der Waals surface area contributed by atoms with Crippen molar-refractivity contribution < 1.29 is 4.79 Å². The Morgan fingerprint density at radius 2 is 1.86 bits per heavy atom. The van der Waals surface area contributed by atoms with E-state index in [2.05, 4.69) is 32.2 Å². The molecular formula is C21H30N6O. The average Bonchev–Trinajstić information content (AvgIpc) is 3.24. The molecule has 0 unspecified atom stereocenters. The fraction of sp³-hybridized carbons (Fsp3) is 0.571. The van der Waals surface area contributed by atoms with E-state index in [-0.39, 0.29) is 11.9 Å². The highest BCUT2D eigenvalue weighted by molar-refractivity contribution is 5.96. The van der Waals surface area contributed by atoms with Crippen LogP contribution in [0.1, 0.15) is 41.6 Å². The van der Waals surface area contributed by atoms with Crippen LogP contribution in [0, 0.1) is 6.92 Å². The summed E-state index contributed by atoms with van der Waals surface area (Å²) in [6.45, 7) is 6.54. The SMILES string of the molecule is Cc1cc(-n2cncn2)ccc1C(=O)NC1CCN(C2CCN(C)CC2)CC1. The molecule has 0 saturated carbocycles. The van der Waals surface area contributed by atoms with Gasteiger partial charge in [-0.3, -0.25) is 4.79 Å². The molecule has 3 heterocycles. The average molecular weight is 383 g/mol. The van der Waals surface area contributed by atoms with Crippen molar-refractivity contribution in [3.63, 3.8) is 0 Å². The molecule has 2 saturated heterocycles. The van der Waals surface area contributed by atoms with Gasteiger partial charge in [-0.1, -0.05) is 0 Å². The second-order valence-corrected chi connectivity index (χ2v) is 8.16. The topological polar surface area (TPSA) is 66.3 Å². The van der Waals surface area contributed by atoms with E-state index in [0.717, 1.165) is 48.8 Å². The third-order valence-electron chi connectivity index (χ3n) is 6.21. The van der Waals surface area contributed by atoms with Crippen molar-refractivity contribution >= 4 is 5.91 Å². The van der Waals surface area contributed by atoms with Gasteiger partial charge in [0.15, 0.2) is 0 Å². The van der Waals surface area contributed by atoms with Gasteiger partial charge in [0.1, 0.15) is 12.7 Å². The Hall–Kier alpha value is -2.25. The third-order valence-corrected chi connectivity index (χ3v) is 6.21. The number of hydrogen-bond acceptors (Lipinski definition) is 5. The van der Waals surface area contributed by atoms with Crippen molar-refractivity contribution in [3.05, 3.63) is 42.0 Å². The zero-order valence-corrected chi connectivity index (χ0v) is 16.8. The van der Waals surface area contributed by atoms with E-state index in [1.54, 1.807) is 11.0 Å². The zero-order valence-electron chi connectivity index (χ0n) is 16.8. The van der Waals surface area contributed by atoms with E-state index >= 15 is 0 Å². The first kappa shape index (κ1) is 19.1. The number of aromatic nitrogens is 3. The fourth-order valence-electron chi connectivity index (χ4n) is 4.42. The number of hydrogen-bond donors (Lipinski definition) is 1. The molecule has 0 bridgehead atoms. The Labute approximate surface area is 166 Å². The summed E-state index contributed by atoms with van der Waals surface area (Å²) < 4.78 is 1.70. The van der Waals surface area contributed by atoms with Gasteiger partial charge in [-0.15, -0.1) is 0 Å². The molecule has 2 fully saturated rings. The normalized spacial score (nSPS) is 20.4. The molecule has 0 aliphatic carbocycles. The van der Waals surface area contributed by atoms with Crippen LogP contribution in [0.4, 0.5) is 0 Å². The molecule has 0 radical (unpaired) electrons. The standard InChI is InChI=1S/C21H30N6O/c1-16-13-19(27-15-22-14-23-27)3-4-20(16)21(28)24-17-5-11-26(12-6-17)18-7-9-25(2)10-8-18/h3-4,13-15,17-18H,5-12H2,1-2H3,(H,24,28). The molecular weight excluding hydrogens is 352 g/mol. The maximum Gasteiger partial charge on any atom is 0.251 e. The van der Waals surface area contributed by atoms with Crippen LogP contribution < -0.4 is 5.32 Å². The first-order valence-electron chi connectivity index (χ1n) is 10.3. The number of carbonyl (C=O) groups excluding carboxylic acids is 1. The lowest BCUT2D eigenvalue weighted by atomic mass is 9.97. The molecule has 7 heteroatoms. The molecule has 2 aromatic rings. The smallest absolute Gasteiger partial charge is 0.251 e. The van der Waals surface area contributed by atoms with Gasteiger partial charge in [0.2, 0.25) is 0 Å². The monoisotopic (exact) mass is 382 g/mol. The van der Waals surface area contributed by atoms with Gasteiger partial charge < -0.3 is 15.1 Å². The Kier molecular flexibility index (Phi) is 5.73. The lowest BCUT2D eigenvalue weighted by Gasteiger charge is -2.41. The predicted octanol–water partition coefficient (Wildman–Crippen LogP) is 1.86. The molecule has 1 aromatic heterocycles. The number of nitrogens with one attached hydrogen (secondary N) is 1. The molecule has 1 amide bonds. The molecule has 1 aromatic carbocycles. The molecule has 0 spiro atoms. The number of likely N-dealkylation sites (tertiary alicyclic amines) is 2. The maximum atomic E-state index is 12.8. The molecule has 2 aliphatic heterocycles. The second-order valence-electron chi connectivity index (χ2n) is 8.16. The van der Waals surface area contributed by atoms with Crippen molar-refractivity contribution in [1.29, 1.82) is 0 Å². The van der Waals surface area contributed by atoms with Crippen molar-refractivity contribution in [2.24, 2.45) is 0 Å². The van der Waals surface area contributed by atoms with Crippen LogP contribution in [-0.2, 0) is 0 Å². The minimum atomic E-state index is 0.0281. The number of nitrogens with zero attached hydrogens (tertiary/aromatic N) is 5. The molecule has 0 atom stereocenters. The van der Waals surface area contributed by atoms with Gasteiger partial charge in [0.05, 0.1) is 5.69 Å². The summed E-state index contributed by atoms with van der Waals surface area (Å²) in [5.74, 6) is 0.0281. The van der Waals surface area contributed by atoms with Crippen LogP contribution in [0.25, 0.3) is 5.69 Å². The van der Waals surface area contributed by atoms with Gasteiger partial charge >= 0.3 is 0 Å². The molecule has 1 N–H and O–H groups in total. The lowest BCUT2D eigenvalue weighted by Crippen LogP contribution is -2.50. The second kappa shape index (κ2) is 8.41. The zero-order chi connectivity index (χ0) is 19.5. The molecule has 150 valence electrons. The van der Waals surface area contributed by atoms with Crippen molar-refractivity contribution in [3.8, 4) is 5.69 Å². The highest BCUT2D eigenvalue weighted by Gasteiger charge is 2.28. The summed E-state index contributed by atoms with van der Waals surface area (Å²) >= 11 is 0. The lowest BCUT2D eigenvalue weighted by molar-refractivity contribution is 0.0807. The summed E-state index contributed by atoms with van der Waals surface area (Å²) in [6, 6.07) is 6.77. The minimum Gasteiger partial charge on any atom is -0.349 e. The predicted molar refractivity (Wildman–Crippen MR) is 109 cm³/mol. The van der Waals surface area contributed by atoms with E-state index in [1.807, 2.05) is 25.1 Å². The van der Waals surface area contributed by atoms with E-state index in [1.165, 1.54) is 32.3 Å². The van der Waals surface area contributed by atoms with Gasteiger partial charge in [0, 0.05) is 30.7 Å². The van der Waals surface area contributed by atoms with Crippen LogP contribution in [-0.4, -0.2) is 75.8 Å². The number of carbonyl (C=O) groups is 1. The summed E-state index contributed by atoms with van der Waals surface area (Å²) in [5, 5.41) is 7.40. The van der Waals surface area contributed by atoms with E-state index < -0.39 is 0 Å². The first-order chi connectivity index (χ1) is 13.6. The van der Waals surface area contributed by atoms with Gasteiger partial charge in [-0.05, 0) is 76.5 Å². The van der Waals surface area contributed by atoms with Crippen LogP contribution in [0.5, 0.6) is 0 Å². The van der Waals surface area contributed by atoms with Crippen LogP contribution in [0.3, 0.4) is 0 Å². The summed E-state index contributed by atoms with van der Waals surface area (Å²) in [6.07, 6.45) is 7.78. The number of benzene rings is 1. The van der Waals surface area contributed by atoms with Gasteiger partial charge in [0.25, 0.3) is 5.91 Å². The summed E-state index contributed by atoms with van der Waals surface area (Å²) in [4.78, 5) is 21.8. The Morgan fingerprint density at radius 3 is 2.50 bits per heavy atom. The molecule has 2 aliphatic rings. The molecule has 4 rings (SSSR count). The van der Waals surface area contributed by atoms with Gasteiger partial charge in [-0.2, -0.15) is 5.10 Å². The van der Waals surface area contributed by atoms with E-state index in [0.29, 0.717) is 0 Å². The van der Waals surface area contributed by atoms with Crippen LogP contribution >= 0.6 is 0 Å². The Morgan fingerprint density at radius 1 is 1.11 bits per heavy atom. The highest BCUT2D eigenvalue weighted by Crippen LogP contribution is 2.21. The quantitative estimate of drug-likeness (QED) is 0.874. The van der Waals surface area contributed by atoms with Crippen LogP contribution in [0.15, 0.2) is 30.9 Å². The number of rotatable bonds is 4. The van der Waals surface area contributed by atoms with E-state index in [9.17, 15) is 4.79 Å². The number of piperidine rings is 2. The van der Waals surface area contributed by atoms with Crippen molar-refractivity contribution in [1.82, 2.24) is 29.9 Å². The molecule has 7 nitrogen and oxygen atoms in total. The van der Waals surface area contributed by atoms with Crippen molar-refractivity contribution in [2.45, 2.75) is 44.7 Å². The molecule has 28 heavy (non-hydrogen) atoms. The summed E-state index contributed by atoms with van der Waals surface area (Å²) in [7, 11) is 2.21. The minimum absolute atomic E-state index is 0.0281. The maximum absolute atomic E-state index is 12.8. The number of amides is 1. The van der Waals surface area contributed by atoms with Gasteiger partial charge in [-0.25, -0.2) is 9.67 Å². The Bertz CT molecular complexity index is 789. The summed E-state index contributed by atoms with van der Waals surface area (Å²) in [5.41, 5.74) is 2.61. The largest absolute Gasteiger partial charge is 0.349 e. The fourth-order valence-corrected chi connectivity index (χ4v) is 4.42. The Balaban J connectivity index is 1.31. The van der Waals surface area contributed by atoms with Crippen molar-refractivity contribution in [2.75, 3.05) is 33.2 Å². The first-order valence-corrected chi connectivity index (χ1v) is 10.3. The third kappa shape index (κ3) is 4.25. The number of aryl methyl sites for hydroxylation is 1.